The lowest BCUT2D eigenvalue weighted by Crippen LogP contribution is -2.30. The quantitative estimate of drug-likeness (QED) is 0.454. The van der Waals surface area contributed by atoms with Crippen LogP contribution in [0.5, 0.6) is 0 Å². The molecule has 2 rings (SSSR count). The van der Waals surface area contributed by atoms with Gasteiger partial charge in [0.2, 0.25) is 0 Å². The van der Waals surface area contributed by atoms with Gasteiger partial charge in [-0.3, -0.25) is 11.3 Å². The molecular weight excluding hydrogens is 326 g/mol. The Morgan fingerprint density at radius 2 is 2.00 bits per heavy atom. The Hall–Kier alpha value is -1.07. The van der Waals surface area contributed by atoms with E-state index in [1.54, 1.807) is 6.07 Å². The van der Waals surface area contributed by atoms with Crippen molar-refractivity contribution in [2.24, 2.45) is 5.84 Å². The van der Waals surface area contributed by atoms with Crippen molar-refractivity contribution in [1.82, 2.24) is 5.43 Å². The maximum absolute atomic E-state index is 5.99. The van der Waals surface area contributed by atoms with E-state index < -0.39 is 0 Å². The van der Waals surface area contributed by atoms with Crippen molar-refractivity contribution in [2.75, 3.05) is 5.73 Å². The van der Waals surface area contributed by atoms with Crippen molar-refractivity contribution in [3.8, 4) is 0 Å². The summed E-state index contributed by atoms with van der Waals surface area (Å²) in [7, 11) is 0. The summed E-state index contributed by atoms with van der Waals surface area (Å²) in [6.07, 6.45) is 0.752. The molecule has 0 amide bonds. The molecule has 19 heavy (non-hydrogen) atoms. The van der Waals surface area contributed by atoms with Crippen LogP contribution in [0.3, 0.4) is 0 Å². The molecule has 1 atom stereocenters. The Morgan fingerprint density at radius 3 is 2.63 bits per heavy atom. The molecule has 0 saturated carbocycles. The van der Waals surface area contributed by atoms with E-state index in [9.17, 15) is 0 Å². The molecule has 5 heteroatoms. The summed E-state index contributed by atoms with van der Waals surface area (Å²) >= 11 is 9.37. The average molecular weight is 341 g/mol. The fraction of sp³-hybridized carbons (Fsp3) is 0.143. The first-order valence-corrected chi connectivity index (χ1v) is 7.02. The van der Waals surface area contributed by atoms with Gasteiger partial charge in [-0.1, -0.05) is 45.7 Å². The standard InChI is InChI=1S/C14H15BrClN3/c15-10-3-1-2-9(6-10)7-14(19-18)12-5-4-11(16)8-13(12)17/h1-6,8,14,19H,7,17-18H2. The van der Waals surface area contributed by atoms with Gasteiger partial charge in [-0.2, -0.15) is 0 Å². The molecule has 0 saturated heterocycles. The first-order valence-electron chi connectivity index (χ1n) is 5.85. The molecule has 1 unspecified atom stereocenters. The monoisotopic (exact) mass is 339 g/mol. The van der Waals surface area contributed by atoms with Gasteiger partial charge < -0.3 is 5.73 Å². The predicted octanol–water partition coefficient (Wildman–Crippen LogP) is 3.43. The number of halogens is 2. The first kappa shape index (κ1) is 14.3. The van der Waals surface area contributed by atoms with Crippen LogP contribution in [0.2, 0.25) is 5.02 Å². The largest absolute Gasteiger partial charge is 0.398 e. The molecule has 0 heterocycles. The van der Waals surface area contributed by atoms with Crippen LogP contribution in [0.4, 0.5) is 5.69 Å². The summed E-state index contributed by atoms with van der Waals surface area (Å²) in [6.45, 7) is 0. The minimum absolute atomic E-state index is 0.0495. The highest BCUT2D eigenvalue weighted by Gasteiger charge is 2.14. The SMILES string of the molecule is NNC(Cc1cccc(Br)c1)c1ccc(Cl)cc1N. The topological polar surface area (TPSA) is 64.1 Å². The molecule has 0 radical (unpaired) electrons. The van der Waals surface area contributed by atoms with Gasteiger partial charge in [0, 0.05) is 15.2 Å². The lowest BCUT2D eigenvalue weighted by molar-refractivity contribution is 0.553. The Kier molecular flexibility index (Phi) is 4.82. The number of nitrogens with two attached hydrogens (primary N) is 2. The van der Waals surface area contributed by atoms with Crippen LogP contribution in [-0.2, 0) is 6.42 Å². The number of nitrogen functional groups attached to an aromatic ring is 1. The third kappa shape index (κ3) is 3.70. The molecule has 0 fully saturated rings. The lowest BCUT2D eigenvalue weighted by Gasteiger charge is -2.18. The zero-order valence-electron chi connectivity index (χ0n) is 10.2. The second-order valence-electron chi connectivity index (χ2n) is 4.33. The molecule has 3 nitrogen and oxygen atoms in total. The van der Waals surface area contributed by atoms with Crippen molar-refractivity contribution < 1.29 is 0 Å². The van der Waals surface area contributed by atoms with E-state index in [0.717, 1.165) is 16.5 Å². The van der Waals surface area contributed by atoms with E-state index in [0.29, 0.717) is 10.7 Å². The highest BCUT2D eigenvalue weighted by Crippen LogP contribution is 2.26. The predicted molar refractivity (Wildman–Crippen MR) is 83.8 cm³/mol. The molecule has 5 N–H and O–H groups in total. The van der Waals surface area contributed by atoms with Gasteiger partial charge in [0.25, 0.3) is 0 Å². The van der Waals surface area contributed by atoms with Crippen molar-refractivity contribution in [1.29, 1.82) is 0 Å². The highest BCUT2D eigenvalue weighted by atomic mass is 79.9. The molecule has 0 aliphatic heterocycles. The lowest BCUT2D eigenvalue weighted by atomic mass is 9.98. The fourth-order valence-electron chi connectivity index (χ4n) is 2.02. The zero-order valence-corrected chi connectivity index (χ0v) is 12.6. The van der Waals surface area contributed by atoms with E-state index in [-0.39, 0.29) is 6.04 Å². The molecule has 2 aromatic rings. The summed E-state index contributed by atoms with van der Waals surface area (Å²) in [5.74, 6) is 5.65. The molecule has 0 aromatic heterocycles. The van der Waals surface area contributed by atoms with Crippen LogP contribution in [-0.4, -0.2) is 0 Å². The summed E-state index contributed by atoms with van der Waals surface area (Å²) in [4.78, 5) is 0. The Balaban J connectivity index is 2.25. The molecule has 0 spiro atoms. The van der Waals surface area contributed by atoms with E-state index in [1.165, 1.54) is 5.56 Å². The van der Waals surface area contributed by atoms with Gasteiger partial charge in [0.15, 0.2) is 0 Å². The summed E-state index contributed by atoms with van der Waals surface area (Å²) in [5, 5.41) is 0.625. The Bertz CT molecular complexity index is 574. The molecule has 0 bridgehead atoms. The third-order valence-electron chi connectivity index (χ3n) is 2.95. The first-order chi connectivity index (χ1) is 9.10. The minimum atomic E-state index is -0.0495. The van der Waals surface area contributed by atoms with Gasteiger partial charge in [0.05, 0.1) is 6.04 Å². The smallest absolute Gasteiger partial charge is 0.0520 e. The van der Waals surface area contributed by atoms with E-state index in [1.807, 2.05) is 24.3 Å². The van der Waals surface area contributed by atoms with Crippen LogP contribution in [0.25, 0.3) is 0 Å². The number of anilines is 1. The number of hydrogen-bond acceptors (Lipinski definition) is 3. The molecule has 0 aliphatic rings. The maximum atomic E-state index is 5.99. The molecular formula is C14H15BrClN3. The van der Waals surface area contributed by atoms with E-state index >= 15 is 0 Å². The molecule has 100 valence electrons. The number of hydrazine groups is 1. The van der Waals surface area contributed by atoms with Crippen LogP contribution in [0.1, 0.15) is 17.2 Å². The van der Waals surface area contributed by atoms with Crippen molar-refractivity contribution >= 4 is 33.2 Å². The second kappa shape index (κ2) is 6.39. The Morgan fingerprint density at radius 1 is 1.21 bits per heavy atom. The fourth-order valence-corrected chi connectivity index (χ4v) is 2.65. The highest BCUT2D eigenvalue weighted by molar-refractivity contribution is 9.10. The second-order valence-corrected chi connectivity index (χ2v) is 5.68. The van der Waals surface area contributed by atoms with Crippen LogP contribution in [0, 0.1) is 0 Å². The van der Waals surface area contributed by atoms with Gasteiger partial charge in [-0.15, -0.1) is 0 Å². The number of rotatable bonds is 4. The van der Waals surface area contributed by atoms with Crippen molar-refractivity contribution in [3.05, 3.63) is 63.1 Å². The molecule has 0 aliphatic carbocycles. The zero-order chi connectivity index (χ0) is 13.8. The Labute approximate surface area is 126 Å². The van der Waals surface area contributed by atoms with E-state index in [4.69, 9.17) is 23.2 Å². The number of hydrogen-bond donors (Lipinski definition) is 3. The van der Waals surface area contributed by atoms with Crippen LogP contribution in [0.15, 0.2) is 46.9 Å². The average Bonchev–Trinajstić information content (AvgIpc) is 2.37. The summed E-state index contributed by atoms with van der Waals surface area (Å²) < 4.78 is 1.05. The van der Waals surface area contributed by atoms with Gasteiger partial charge >= 0.3 is 0 Å². The van der Waals surface area contributed by atoms with Crippen molar-refractivity contribution in [2.45, 2.75) is 12.5 Å². The van der Waals surface area contributed by atoms with Gasteiger partial charge in [-0.25, -0.2) is 0 Å². The van der Waals surface area contributed by atoms with Gasteiger partial charge in [0.1, 0.15) is 0 Å². The third-order valence-corrected chi connectivity index (χ3v) is 3.68. The maximum Gasteiger partial charge on any atom is 0.0520 e. The van der Waals surface area contributed by atoms with E-state index in [2.05, 4.69) is 33.5 Å². The summed E-state index contributed by atoms with van der Waals surface area (Å²) in [5.41, 5.74) is 11.6. The summed E-state index contributed by atoms with van der Waals surface area (Å²) in [6, 6.07) is 13.5. The van der Waals surface area contributed by atoms with Crippen LogP contribution >= 0.6 is 27.5 Å². The van der Waals surface area contributed by atoms with Crippen LogP contribution < -0.4 is 17.0 Å². The number of nitrogens with one attached hydrogen (secondary N) is 1. The minimum Gasteiger partial charge on any atom is -0.398 e. The normalized spacial score (nSPS) is 12.4. The van der Waals surface area contributed by atoms with Gasteiger partial charge in [-0.05, 0) is 41.8 Å². The van der Waals surface area contributed by atoms with Crippen molar-refractivity contribution in [3.63, 3.8) is 0 Å². The number of benzene rings is 2. The molecule has 2 aromatic carbocycles.